The summed E-state index contributed by atoms with van der Waals surface area (Å²) in [5.41, 5.74) is 0.966. The number of nitro benzene ring substituents is 1. The van der Waals surface area contributed by atoms with Crippen molar-refractivity contribution in [2.24, 2.45) is 5.92 Å². The second-order valence-corrected chi connectivity index (χ2v) is 6.18. The summed E-state index contributed by atoms with van der Waals surface area (Å²) in [6, 6.07) is 6.45. The van der Waals surface area contributed by atoms with Gasteiger partial charge in [0, 0.05) is 17.4 Å². The van der Waals surface area contributed by atoms with Crippen molar-refractivity contribution in [1.29, 1.82) is 0 Å². The number of nitrogens with zero attached hydrogens (tertiary/aromatic N) is 2. The number of amides is 1. The van der Waals surface area contributed by atoms with Gasteiger partial charge < -0.3 is 10.6 Å². The number of piperidine rings is 1. The van der Waals surface area contributed by atoms with Crippen molar-refractivity contribution >= 4 is 28.1 Å². The third-order valence-electron chi connectivity index (χ3n) is 3.82. The average Bonchev–Trinajstić information content (AvgIpc) is 3.04. The molecular formula is C15H16N4O3S. The summed E-state index contributed by atoms with van der Waals surface area (Å²) in [7, 11) is 0. The summed E-state index contributed by atoms with van der Waals surface area (Å²) in [5.74, 6) is -0.0374. The molecule has 1 saturated heterocycles. The normalized spacial score (nSPS) is 15.3. The van der Waals surface area contributed by atoms with Gasteiger partial charge in [0.15, 0.2) is 5.13 Å². The molecule has 0 spiro atoms. The Morgan fingerprint density at radius 1 is 1.35 bits per heavy atom. The van der Waals surface area contributed by atoms with E-state index in [0.717, 1.165) is 25.9 Å². The van der Waals surface area contributed by atoms with E-state index in [4.69, 9.17) is 0 Å². The summed E-state index contributed by atoms with van der Waals surface area (Å²) in [6.07, 6.45) is 1.63. The number of benzene rings is 1. The number of hydrogen-bond donors (Lipinski definition) is 2. The molecule has 0 saturated carbocycles. The zero-order chi connectivity index (χ0) is 16.2. The highest BCUT2D eigenvalue weighted by molar-refractivity contribution is 7.14. The van der Waals surface area contributed by atoms with Crippen molar-refractivity contribution in [3.8, 4) is 11.3 Å². The lowest BCUT2D eigenvalue weighted by Gasteiger charge is -2.20. The number of aromatic nitrogens is 1. The van der Waals surface area contributed by atoms with Gasteiger partial charge in [0.2, 0.25) is 5.91 Å². The highest BCUT2D eigenvalue weighted by Crippen LogP contribution is 2.32. The number of anilines is 1. The fourth-order valence-corrected chi connectivity index (χ4v) is 3.31. The van der Waals surface area contributed by atoms with E-state index in [1.807, 2.05) is 0 Å². The van der Waals surface area contributed by atoms with Crippen LogP contribution in [0.4, 0.5) is 10.8 Å². The molecule has 0 unspecified atom stereocenters. The minimum Gasteiger partial charge on any atom is -0.317 e. The maximum atomic E-state index is 12.2. The Morgan fingerprint density at radius 2 is 2.09 bits per heavy atom. The summed E-state index contributed by atoms with van der Waals surface area (Å²) < 4.78 is 0. The number of nitrogens with one attached hydrogen (secondary N) is 2. The number of rotatable bonds is 4. The lowest BCUT2D eigenvalue weighted by molar-refractivity contribution is -0.384. The molecular weight excluding hydrogens is 316 g/mol. The molecule has 1 amide bonds. The minimum atomic E-state index is -0.429. The molecule has 120 valence electrons. The number of hydrogen-bond acceptors (Lipinski definition) is 6. The van der Waals surface area contributed by atoms with Crippen LogP contribution in [-0.2, 0) is 4.79 Å². The molecule has 1 aliphatic heterocycles. The first-order chi connectivity index (χ1) is 11.1. The van der Waals surface area contributed by atoms with Crippen LogP contribution in [0.25, 0.3) is 11.3 Å². The molecule has 2 heterocycles. The molecule has 0 atom stereocenters. The molecule has 2 N–H and O–H groups in total. The molecule has 3 rings (SSSR count). The quantitative estimate of drug-likeness (QED) is 0.662. The highest BCUT2D eigenvalue weighted by atomic mass is 32.1. The van der Waals surface area contributed by atoms with E-state index in [-0.39, 0.29) is 17.5 Å². The third kappa shape index (κ3) is 3.54. The standard InChI is InChI=1S/C15H16N4O3S/c20-14(10-5-7-16-8-6-10)18-15-17-12(9-23-15)11-3-1-2-4-13(11)19(21)22/h1-4,9-10,16H,5-8H2,(H,17,18,20). The van der Waals surface area contributed by atoms with Gasteiger partial charge in [0.05, 0.1) is 16.2 Å². The topological polar surface area (TPSA) is 97.2 Å². The SMILES string of the molecule is O=C(Nc1nc(-c2ccccc2[N+](=O)[O-])cs1)C1CCNCC1. The van der Waals surface area contributed by atoms with Crippen LogP contribution in [0.5, 0.6) is 0 Å². The third-order valence-corrected chi connectivity index (χ3v) is 4.58. The first-order valence-electron chi connectivity index (χ1n) is 7.36. The Balaban J connectivity index is 1.76. The second kappa shape index (κ2) is 6.84. The zero-order valence-electron chi connectivity index (χ0n) is 12.3. The molecule has 8 heteroatoms. The van der Waals surface area contributed by atoms with E-state index in [0.29, 0.717) is 16.4 Å². The fraction of sp³-hybridized carbons (Fsp3) is 0.333. The molecule has 7 nitrogen and oxygen atoms in total. The molecule has 1 aromatic carbocycles. The Morgan fingerprint density at radius 3 is 2.83 bits per heavy atom. The number of carbonyl (C=O) groups is 1. The zero-order valence-corrected chi connectivity index (χ0v) is 13.1. The van der Waals surface area contributed by atoms with E-state index in [9.17, 15) is 14.9 Å². The van der Waals surface area contributed by atoms with Gasteiger partial charge in [-0.1, -0.05) is 12.1 Å². The first kappa shape index (κ1) is 15.6. The minimum absolute atomic E-state index is 0.00494. The Bertz CT molecular complexity index is 725. The van der Waals surface area contributed by atoms with E-state index in [2.05, 4.69) is 15.6 Å². The van der Waals surface area contributed by atoms with Crippen LogP contribution in [0.2, 0.25) is 0 Å². The lowest BCUT2D eigenvalue weighted by Crippen LogP contribution is -2.34. The van der Waals surface area contributed by atoms with Crippen molar-refractivity contribution < 1.29 is 9.72 Å². The molecule has 1 aromatic heterocycles. The van der Waals surface area contributed by atoms with Crippen molar-refractivity contribution in [3.63, 3.8) is 0 Å². The Kier molecular flexibility index (Phi) is 4.63. The Hall–Kier alpha value is -2.32. The van der Waals surface area contributed by atoms with Gasteiger partial charge in [-0.05, 0) is 32.0 Å². The van der Waals surface area contributed by atoms with Crippen molar-refractivity contribution in [3.05, 3.63) is 39.8 Å². The predicted molar refractivity (Wildman–Crippen MR) is 88.4 cm³/mol. The van der Waals surface area contributed by atoms with Gasteiger partial charge in [0.25, 0.3) is 5.69 Å². The summed E-state index contributed by atoms with van der Waals surface area (Å²) in [5, 5.41) is 19.3. The maximum absolute atomic E-state index is 12.2. The van der Waals surface area contributed by atoms with Crippen molar-refractivity contribution in [2.75, 3.05) is 18.4 Å². The summed E-state index contributed by atoms with van der Waals surface area (Å²) in [6.45, 7) is 1.69. The smallest absolute Gasteiger partial charge is 0.278 e. The van der Waals surface area contributed by atoms with E-state index < -0.39 is 4.92 Å². The molecule has 1 aliphatic rings. The van der Waals surface area contributed by atoms with Crippen LogP contribution in [0.15, 0.2) is 29.6 Å². The number of carbonyl (C=O) groups excluding carboxylic acids is 1. The van der Waals surface area contributed by atoms with Crippen LogP contribution in [-0.4, -0.2) is 28.9 Å². The number of para-hydroxylation sites is 1. The van der Waals surface area contributed by atoms with Crippen LogP contribution in [0.3, 0.4) is 0 Å². The molecule has 1 fully saturated rings. The molecule has 23 heavy (non-hydrogen) atoms. The molecule has 0 bridgehead atoms. The van der Waals surface area contributed by atoms with Crippen LogP contribution < -0.4 is 10.6 Å². The van der Waals surface area contributed by atoms with Gasteiger partial charge in [-0.2, -0.15) is 0 Å². The molecule has 0 radical (unpaired) electrons. The van der Waals surface area contributed by atoms with E-state index in [1.165, 1.54) is 17.4 Å². The lowest BCUT2D eigenvalue weighted by atomic mass is 9.97. The largest absolute Gasteiger partial charge is 0.317 e. The van der Waals surface area contributed by atoms with Crippen molar-refractivity contribution in [2.45, 2.75) is 12.8 Å². The van der Waals surface area contributed by atoms with Gasteiger partial charge >= 0.3 is 0 Å². The molecule has 2 aromatic rings. The van der Waals surface area contributed by atoms with Crippen LogP contribution >= 0.6 is 11.3 Å². The van der Waals surface area contributed by atoms with Gasteiger partial charge in [0.1, 0.15) is 0 Å². The van der Waals surface area contributed by atoms with E-state index >= 15 is 0 Å². The Labute approximate surface area is 136 Å². The van der Waals surface area contributed by atoms with E-state index in [1.54, 1.807) is 23.6 Å². The van der Waals surface area contributed by atoms with Crippen LogP contribution in [0.1, 0.15) is 12.8 Å². The average molecular weight is 332 g/mol. The monoisotopic (exact) mass is 332 g/mol. The predicted octanol–water partition coefficient (Wildman–Crippen LogP) is 2.66. The second-order valence-electron chi connectivity index (χ2n) is 5.33. The van der Waals surface area contributed by atoms with Gasteiger partial charge in [-0.3, -0.25) is 14.9 Å². The number of nitro groups is 1. The highest BCUT2D eigenvalue weighted by Gasteiger charge is 2.22. The van der Waals surface area contributed by atoms with Gasteiger partial charge in [-0.15, -0.1) is 11.3 Å². The first-order valence-corrected chi connectivity index (χ1v) is 8.24. The summed E-state index contributed by atoms with van der Waals surface area (Å²) >= 11 is 1.28. The maximum Gasteiger partial charge on any atom is 0.278 e. The fourth-order valence-electron chi connectivity index (χ4n) is 2.60. The molecule has 0 aliphatic carbocycles. The summed E-state index contributed by atoms with van der Waals surface area (Å²) in [4.78, 5) is 27.2. The van der Waals surface area contributed by atoms with Crippen LogP contribution in [0, 0.1) is 16.0 Å². The van der Waals surface area contributed by atoms with Crippen molar-refractivity contribution in [1.82, 2.24) is 10.3 Å². The van der Waals surface area contributed by atoms with Gasteiger partial charge in [-0.25, -0.2) is 4.98 Å². The number of thiazole rings is 1.